The second-order valence-electron chi connectivity index (χ2n) is 4.57. The predicted octanol–water partition coefficient (Wildman–Crippen LogP) is 1.38. The van der Waals surface area contributed by atoms with E-state index in [1.54, 1.807) is 6.20 Å². The Kier molecular flexibility index (Phi) is 3.45. The van der Waals surface area contributed by atoms with Gasteiger partial charge < -0.3 is 15.4 Å². The molecule has 1 fully saturated rings. The molecule has 1 aliphatic heterocycles. The Morgan fingerprint density at radius 2 is 2.37 bits per heavy atom. The lowest BCUT2D eigenvalue weighted by Crippen LogP contribution is -2.19. The van der Waals surface area contributed by atoms with Crippen LogP contribution in [0, 0.1) is 0 Å². The average molecular weight is 262 g/mol. The number of aromatic amines is 1. The summed E-state index contributed by atoms with van der Waals surface area (Å²) in [6, 6.07) is 0. The van der Waals surface area contributed by atoms with Gasteiger partial charge in [0.1, 0.15) is 5.82 Å². The number of rotatable bonds is 5. The summed E-state index contributed by atoms with van der Waals surface area (Å²) in [7, 11) is 0. The van der Waals surface area contributed by atoms with E-state index in [2.05, 4.69) is 30.8 Å². The minimum atomic E-state index is 0.277. The zero-order chi connectivity index (χ0) is 13.1. The van der Waals surface area contributed by atoms with Crippen molar-refractivity contribution in [3.63, 3.8) is 0 Å². The van der Waals surface area contributed by atoms with E-state index in [0.29, 0.717) is 5.95 Å². The molecule has 0 radical (unpaired) electrons. The van der Waals surface area contributed by atoms with Crippen molar-refractivity contribution >= 4 is 22.8 Å². The lowest BCUT2D eigenvalue weighted by molar-refractivity contribution is 0.120. The average Bonchev–Trinajstić information content (AvgIpc) is 3.07. The zero-order valence-corrected chi connectivity index (χ0v) is 10.9. The van der Waals surface area contributed by atoms with Gasteiger partial charge in [0.05, 0.1) is 17.7 Å². The molecule has 7 nitrogen and oxygen atoms in total. The number of aromatic nitrogens is 4. The van der Waals surface area contributed by atoms with Gasteiger partial charge in [-0.05, 0) is 19.8 Å². The third-order valence-electron chi connectivity index (χ3n) is 3.17. The highest BCUT2D eigenvalue weighted by molar-refractivity contribution is 5.86. The van der Waals surface area contributed by atoms with Gasteiger partial charge in [-0.15, -0.1) is 0 Å². The van der Waals surface area contributed by atoms with Crippen molar-refractivity contribution < 1.29 is 4.74 Å². The first-order chi connectivity index (χ1) is 9.36. The van der Waals surface area contributed by atoms with Gasteiger partial charge in [0, 0.05) is 19.7 Å². The van der Waals surface area contributed by atoms with Crippen molar-refractivity contribution in [2.75, 3.05) is 30.3 Å². The molecule has 3 heterocycles. The van der Waals surface area contributed by atoms with Crippen LogP contribution in [0.3, 0.4) is 0 Å². The summed E-state index contributed by atoms with van der Waals surface area (Å²) >= 11 is 0. The van der Waals surface area contributed by atoms with Crippen LogP contribution in [0.2, 0.25) is 0 Å². The number of hydrogen-bond acceptors (Lipinski definition) is 6. The Morgan fingerprint density at radius 1 is 1.42 bits per heavy atom. The molecule has 19 heavy (non-hydrogen) atoms. The molecule has 0 amide bonds. The monoisotopic (exact) mass is 262 g/mol. The van der Waals surface area contributed by atoms with Crippen molar-refractivity contribution in [2.45, 2.75) is 25.9 Å². The van der Waals surface area contributed by atoms with Gasteiger partial charge in [0.25, 0.3) is 0 Å². The zero-order valence-electron chi connectivity index (χ0n) is 10.9. The maximum absolute atomic E-state index is 5.60. The molecular weight excluding hydrogens is 244 g/mol. The first kappa shape index (κ1) is 12.2. The van der Waals surface area contributed by atoms with Crippen molar-refractivity contribution in [1.29, 1.82) is 0 Å². The highest BCUT2D eigenvalue weighted by atomic mass is 16.5. The molecule has 1 aliphatic rings. The smallest absolute Gasteiger partial charge is 0.226 e. The van der Waals surface area contributed by atoms with Crippen molar-refractivity contribution in [2.24, 2.45) is 0 Å². The van der Waals surface area contributed by atoms with Crippen molar-refractivity contribution in [3.05, 3.63) is 6.20 Å². The minimum absolute atomic E-state index is 0.277. The summed E-state index contributed by atoms with van der Waals surface area (Å²) in [5.74, 6) is 1.40. The van der Waals surface area contributed by atoms with Crippen LogP contribution in [0.25, 0.3) is 11.0 Å². The van der Waals surface area contributed by atoms with E-state index in [1.165, 1.54) is 0 Å². The first-order valence-corrected chi connectivity index (χ1v) is 6.67. The number of H-pyrrole nitrogens is 1. The molecule has 1 saturated heterocycles. The standard InChI is InChI=1S/C12H18N6O/c1-2-13-12-16-10(9-7-15-18-11(9)17-12)14-6-8-4-3-5-19-8/h7-8H,2-6H2,1H3,(H3,13,14,15,16,17,18). The highest BCUT2D eigenvalue weighted by Gasteiger charge is 2.16. The van der Waals surface area contributed by atoms with Gasteiger partial charge in [-0.3, -0.25) is 5.10 Å². The van der Waals surface area contributed by atoms with Gasteiger partial charge in [0.2, 0.25) is 5.95 Å². The molecule has 0 saturated carbocycles. The number of hydrogen-bond donors (Lipinski definition) is 3. The van der Waals surface area contributed by atoms with Gasteiger partial charge in [-0.1, -0.05) is 0 Å². The van der Waals surface area contributed by atoms with Crippen LogP contribution in [0.15, 0.2) is 6.20 Å². The molecule has 0 spiro atoms. The summed E-state index contributed by atoms with van der Waals surface area (Å²) < 4.78 is 5.60. The number of ether oxygens (including phenoxy) is 1. The molecule has 1 unspecified atom stereocenters. The maximum atomic E-state index is 5.60. The van der Waals surface area contributed by atoms with Gasteiger partial charge in [0.15, 0.2) is 5.65 Å². The van der Waals surface area contributed by atoms with Gasteiger partial charge in [-0.25, -0.2) is 0 Å². The van der Waals surface area contributed by atoms with E-state index in [9.17, 15) is 0 Å². The Bertz CT molecular complexity index is 548. The van der Waals surface area contributed by atoms with E-state index in [-0.39, 0.29) is 6.10 Å². The molecular formula is C12H18N6O. The number of nitrogens with one attached hydrogen (secondary N) is 3. The van der Waals surface area contributed by atoms with E-state index in [4.69, 9.17) is 4.74 Å². The molecule has 3 rings (SSSR count). The Morgan fingerprint density at radius 3 is 3.16 bits per heavy atom. The largest absolute Gasteiger partial charge is 0.376 e. The third-order valence-corrected chi connectivity index (χ3v) is 3.17. The van der Waals surface area contributed by atoms with Crippen LogP contribution in [0.4, 0.5) is 11.8 Å². The van der Waals surface area contributed by atoms with E-state index < -0.39 is 0 Å². The second-order valence-corrected chi connectivity index (χ2v) is 4.57. The lowest BCUT2D eigenvalue weighted by atomic mass is 10.2. The molecule has 3 N–H and O–H groups in total. The number of fused-ring (bicyclic) bond motifs is 1. The van der Waals surface area contributed by atoms with Crippen molar-refractivity contribution in [1.82, 2.24) is 20.2 Å². The summed E-state index contributed by atoms with van der Waals surface area (Å²) in [6.45, 7) is 4.42. The fourth-order valence-electron chi connectivity index (χ4n) is 2.22. The first-order valence-electron chi connectivity index (χ1n) is 6.67. The fourth-order valence-corrected chi connectivity index (χ4v) is 2.22. The summed E-state index contributed by atoms with van der Waals surface area (Å²) in [5, 5.41) is 14.2. The van der Waals surface area contributed by atoms with Crippen LogP contribution in [-0.2, 0) is 4.74 Å². The van der Waals surface area contributed by atoms with E-state index in [1.807, 2.05) is 6.92 Å². The number of anilines is 2. The van der Waals surface area contributed by atoms with Crippen LogP contribution < -0.4 is 10.6 Å². The van der Waals surface area contributed by atoms with Gasteiger partial charge >= 0.3 is 0 Å². The Labute approximate surface area is 111 Å². The summed E-state index contributed by atoms with van der Waals surface area (Å²) in [4.78, 5) is 8.83. The topological polar surface area (TPSA) is 87.8 Å². The summed E-state index contributed by atoms with van der Waals surface area (Å²) in [5.41, 5.74) is 0.737. The van der Waals surface area contributed by atoms with Crippen LogP contribution in [0.1, 0.15) is 19.8 Å². The van der Waals surface area contributed by atoms with E-state index >= 15 is 0 Å². The molecule has 2 aromatic rings. The Balaban J connectivity index is 1.80. The Hall–Kier alpha value is -1.89. The van der Waals surface area contributed by atoms with Gasteiger partial charge in [-0.2, -0.15) is 15.1 Å². The minimum Gasteiger partial charge on any atom is -0.376 e. The summed E-state index contributed by atoms with van der Waals surface area (Å²) in [6.07, 6.45) is 4.26. The number of nitrogens with zero attached hydrogens (tertiary/aromatic N) is 3. The third kappa shape index (κ3) is 2.60. The fraction of sp³-hybridized carbons (Fsp3) is 0.583. The quantitative estimate of drug-likeness (QED) is 0.754. The molecule has 0 aliphatic carbocycles. The molecule has 102 valence electrons. The highest BCUT2D eigenvalue weighted by Crippen LogP contribution is 2.21. The SMILES string of the molecule is CCNc1nc(NCC2CCCO2)c2cn[nH]c2n1. The predicted molar refractivity (Wildman–Crippen MR) is 73.3 cm³/mol. The normalized spacial score (nSPS) is 18.9. The van der Waals surface area contributed by atoms with Crippen LogP contribution >= 0.6 is 0 Å². The van der Waals surface area contributed by atoms with E-state index in [0.717, 1.165) is 49.4 Å². The molecule has 0 bridgehead atoms. The molecule has 1 atom stereocenters. The van der Waals surface area contributed by atoms with Crippen LogP contribution in [-0.4, -0.2) is 46.0 Å². The van der Waals surface area contributed by atoms with Crippen LogP contribution in [0.5, 0.6) is 0 Å². The molecule has 7 heteroatoms. The van der Waals surface area contributed by atoms with Crippen molar-refractivity contribution in [3.8, 4) is 0 Å². The maximum Gasteiger partial charge on any atom is 0.226 e. The lowest BCUT2D eigenvalue weighted by Gasteiger charge is -2.12. The molecule has 2 aromatic heterocycles. The molecule has 0 aromatic carbocycles. The second kappa shape index (κ2) is 5.40.